The summed E-state index contributed by atoms with van der Waals surface area (Å²) >= 11 is 1.92. The number of rotatable bonds is 1. The van der Waals surface area contributed by atoms with Crippen LogP contribution >= 0.6 is 11.3 Å². The number of hydrogen-bond acceptors (Lipinski definition) is 4. The molecule has 0 spiro atoms. The maximum atomic E-state index is 7.13. The minimum atomic E-state index is -0.214. The number of para-hydroxylation sites is 3. The molecule has 0 saturated carbocycles. The number of nitrogens with zero attached hydrogens (tertiary/aromatic N) is 2. The standard InChI is InChI=1S/C53H39BN2O2S/c1-28-25-36-37(53(4,5)24-23-52(36,2)3)27-39(28)55-38-22-21-31-29-13-6-9-18-41(29)57-49(31)47(38)54-46-40(55)26-35-30-14-8-11-20-43(30)59-50(35)45(46)34-17-12-16-33-44-32-15-7-10-19-42(32)58-51(44)56(54)48(33)34/h6-22,25-27H,23-24H2,1-5H3. The highest BCUT2D eigenvalue weighted by molar-refractivity contribution is 7.26. The molecule has 1 aliphatic carbocycles. The molecule has 3 aliphatic rings. The maximum Gasteiger partial charge on any atom is 0.340 e. The van der Waals surface area contributed by atoms with Gasteiger partial charge < -0.3 is 18.2 Å². The van der Waals surface area contributed by atoms with E-state index in [2.05, 4.69) is 165 Å². The van der Waals surface area contributed by atoms with Crippen LogP contribution in [0, 0.1) is 6.92 Å². The summed E-state index contributed by atoms with van der Waals surface area (Å²) < 4.78 is 19.3. The van der Waals surface area contributed by atoms with Gasteiger partial charge in [-0.3, -0.25) is 0 Å². The fourth-order valence-corrected chi connectivity index (χ4v) is 12.9. The Bertz CT molecular complexity index is 3720. The fourth-order valence-electron chi connectivity index (χ4n) is 11.6. The molecule has 59 heavy (non-hydrogen) atoms. The molecule has 0 fully saturated rings. The molecule has 7 aromatic carbocycles. The molecule has 0 atom stereocenters. The van der Waals surface area contributed by atoms with Gasteiger partial charge in [-0.1, -0.05) is 107 Å². The normalized spacial score (nSPS) is 16.3. The topological polar surface area (TPSA) is 34.5 Å². The third kappa shape index (κ3) is 3.92. The van der Waals surface area contributed by atoms with E-state index in [1.807, 2.05) is 11.3 Å². The molecule has 0 saturated heterocycles. The van der Waals surface area contributed by atoms with Crippen LogP contribution in [0.25, 0.3) is 86.2 Å². The predicted octanol–water partition coefficient (Wildman–Crippen LogP) is 13.9. The number of aromatic nitrogens is 1. The Morgan fingerprint density at radius 3 is 2.10 bits per heavy atom. The lowest BCUT2D eigenvalue weighted by molar-refractivity contribution is 0.332. The molecule has 0 amide bonds. The number of benzene rings is 7. The molecule has 0 unspecified atom stereocenters. The summed E-state index contributed by atoms with van der Waals surface area (Å²) in [7, 11) is 0. The zero-order valence-electron chi connectivity index (χ0n) is 33.7. The van der Waals surface area contributed by atoms with Crippen LogP contribution in [-0.2, 0) is 10.8 Å². The lowest BCUT2D eigenvalue weighted by atomic mass is 9.45. The van der Waals surface area contributed by atoms with E-state index in [0.29, 0.717) is 0 Å². The van der Waals surface area contributed by atoms with Crippen LogP contribution in [0.1, 0.15) is 57.2 Å². The largest absolute Gasteiger partial charge is 0.456 e. The van der Waals surface area contributed by atoms with Gasteiger partial charge in [-0.15, -0.1) is 11.3 Å². The van der Waals surface area contributed by atoms with Crippen molar-refractivity contribution in [2.75, 3.05) is 4.90 Å². The van der Waals surface area contributed by atoms with E-state index in [1.54, 1.807) is 0 Å². The average molecular weight is 779 g/mol. The van der Waals surface area contributed by atoms with Crippen molar-refractivity contribution in [3.63, 3.8) is 0 Å². The Morgan fingerprint density at radius 1 is 0.593 bits per heavy atom. The molecule has 4 aromatic heterocycles. The predicted molar refractivity (Wildman–Crippen MR) is 250 cm³/mol. The first kappa shape index (κ1) is 32.7. The molecule has 0 radical (unpaired) electrons. The third-order valence-electron chi connectivity index (χ3n) is 14.6. The van der Waals surface area contributed by atoms with E-state index in [9.17, 15) is 0 Å². The highest BCUT2D eigenvalue weighted by Gasteiger charge is 2.47. The zero-order valence-corrected chi connectivity index (χ0v) is 34.5. The van der Waals surface area contributed by atoms with E-state index >= 15 is 0 Å². The lowest BCUT2D eigenvalue weighted by Gasteiger charge is -2.44. The molecular formula is C53H39BN2O2S. The van der Waals surface area contributed by atoms with Crippen LogP contribution in [0.2, 0.25) is 0 Å². The quantitative estimate of drug-likeness (QED) is 0.156. The van der Waals surface area contributed by atoms with Crippen LogP contribution in [0.4, 0.5) is 17.1 Å². The second kappa shape index (κ2) is 10.7. The van der Waals surface area contributed by atoms with Gasteiger partial charge >= 0.3 is 6.85 Å². The highest BCUT2D eigenvalue weighted by atomic mass is 32.1. The van der Waals surface area contributed by atoms with Gasteiger partial charge in [0.1, 0.15) is 16.7 Å². The van der Waals surface area contributed by atoms with Crippen LogP contribution in [0.15, 0.2) is 130 Å². The second-order valence-corrected chi connectivity index (χ2v) is 19.7. The molecule has 0 N–H and O–H groups in total. The Hall–Kier alpha value is -6.24. The van der Waals surface area contributed by atoms with Crippen molar-refractivity contribution in [3.8, 4) is 11.1 Å². The monoisotopic (exact) mass is 778 g/mol. The van der Waals surface area contributed by atoms with E-state index in [1.165, 1.54) is 93.0 Å². The summed E-state index contributed by atoms with van der Waals surface area (Å²) in [5.74, 6) is 0. The number of fused-ring (bicyclic) bond motifs is 18. The van der Waals surface area contributed by atoms with Gasteiger partial charge in [0.25, 0.3) is 0 Å². The Labute approximate surface area is 345 Å². The SMILES string of the molecule is Cc1cc2c(cc1N1c3cc4c(sc5ccccc54)c4c3B(c3c1ccc1c3oc3ccccc31)n1c3oc5ccccc5c3c3cccc-4c31)C(C)(C)CCC2(C)C. The van der Waals surface area contributed by atoms with Crippen molar-refractivity contribution in [2.45, 2.75) is 58.3 Å². The molecule has 14 rings (SSSR count). The average Bonchev–Trinajstić information content (AvgIpc) is 4.00. The van der Waals surface area contributed by atoms with E-state index in [-0.39, 0.29) is 17.7 Å². The molecule has 282 valence electrons. The molecule has 6 heterocycles. The summed E-state index contributed by atoms with van der Waals surface area (Å²) in [6, 6.07) is 45.2. The third-order valence-corrected chi connectivity index (χ3v) is 15.8. The first-order valence-electron chi connectivity index (χ1n) is 21.0. The minimum absolute atomic E-state index is 0.0483. The summed E-state index contributed by atoms with van der Waals surface area (Å²) in [4.78, 5) is 2.61. The van der Waals surface area contributed by atoms with E-state index in [4.69, 9.17) is 8.83 Å². The molecule has 0 bridgehead atoms. The smallest absolute Gasteiger partial charge is 0.340 e. The van der Waals surface area contributed by atoms with Gasteiger partial charge in [-0.2, -0.15) is 0 Å². The van der Waals surface area contributed by atoms with Crippen LogP contribution in [0.5, 0.6) is 0 Å². The summed E-state index contributed by atoms with van der Waals surface area (Å²) in [5, 5.41) is 8.44. The van der Waals surface area contributed by atoms with Gasteiger partial charge in [0.15, 0.2) is 5.71 Å². The molecular weight excluding hydrogens is 739 g/mol. The van der Waals surface area contributed by atoms with Crippen LogP contribution in [0.3, 0.4) is 0 Å². The number of hydrogen-bond donors (Lipinski definition) is 0. The van der Waals surface area contributed by atoms with Crippen molar-refractivity contribution in [1.82, 2.24) is 4.48 Å². The summed E-state index contributed by atoms with van der Waals surface area (Å²) in [6.45, 7) is 11.9. The fraction of sp³-hybridized carbons (Fsp3) is 0.170. The number of furan rings is 2. The number of thiophene rings is 1. The van der Waals surface area contributed by atoms with Crippen molar-refractivity contribution in [1.29, 1.82) is 0 Å². The summed E-state index contributed by atoms with van der Waals surface area (Å²) in [6.07, 6.45) is 2.34. The summed E-state index contributed by atoms with van der Waals surface area (Å²) in [5.41, 5.74) is 17.9. The van der Waals surface area contributed by atoms with Gasteiger partial charge in [-0.25, -0.2) is 0 Å². The number of aryl methyl sites for hydroxylation is 1. The highest BCUT2D eigenvalue weighted by Crippen LogP contribution is 2.54. The molecule has 11 aromatic rings. The van der Waals surface area contributed by atoms with Crippen molar-refractivity contribution >= 4 is 121 Å². The molecule has 2 aliphatic heterocycles. The van der Waals surface area contributed by atoms with Gasteiger partial charge in [0.2, 0.25) is 0 Å². The lowest BCUT2D eigenvalue weighted by Crippen LogP contribution is -2.57. The first-order valence-corrected chi connectivity index (χ1v) is 21.8. The Balaban J connectivity index is 1.22. The van der Waals surface area contributed by atoms with Gasteiger partial charge in [0.05, 0.1) is 5.39 Å². The van der Waals surface area contributed by atoms with Crippen molar-refractivity contribution in [2.24, 2.45) is 0 Å². The second-order valence-electron chi connectivity index (χ2n) is 18.7. The van der Waals surface area contributed by atoms with Gasteiger partial charge in [0, 0.05) is 80.9 Å². The van der Waals surface area contributed by atoms with Crippen molar-refractivity contribution < 1.29 is 8.83 Å². The molecule has 6 heteroatoms. The Morgan fingerprint density at radius 2 is 1.29 bits per heavy atom. The maximum absolute atomic E-state index is 7.13. The first-order chi connectivity index (χ1) is 28.7. The number of anilines is 3. The van der Waals surface area contributed by atoms with Crippen LogP contribution in [-0.4, -0.2) is 11.3 Å². The van der Waals surface area contributed by atoms with Crippen LogP contribution < -0.4 is 15.8 Å². The minimum Gasteiger partial charge on any atom is -0.456 e. The van der Waals surface area contributed by atoms with Crippen molar-refractivity contribution in [3.05, 3.63) is 138 Å². The Kier molecular flexibility index (Phi) is 5.92. The van der Waals surface area contributed by atoms with Gasteiger partial charge in [-0.05, 0) is 95.2 Å². The molecule has 4 nitrogen and oxygen atoms in total. The van der Waals surface area contributed by atoms with E-state index in [0.717, 1.165) is 50.7 Å². The van der Waals surface area contributed by atoms with E-state index < -0.39 is 0 Å². The zero-order chi connectivity index (χ0) is 39.3.